The number of nitrogens with one attached hydrogen (secondary N) is 1. The van der Waals surface area contributed by atoms with Gasteiger partial charge in [0.2, 0.25) is 10.0 Å². The van der Waals surface area contributed by atoms with Crippen LogP contribution in [0.5, 0.6) is 0 Å². The first-order valence-corrected chi connectivity index (χ1v) is 5.88. The van der Waals surface area contributed by atoms with Crippen LogP contribution in [-0.2, 0) is 10.0 Å². The Morgan fingerprint density at radius 1 is 1.00 bits per heavy atom. The topological polar surface area (TPSA) is 46.2 Å². The van der Waals surface area contributed by atoms with Gasteiger partial charge in [0.25, 0.3) is 0 Å². The molecule has 3 nitrogen and oxygen atoms in total. The molecule has 0 aliphatic heterocycles. The summed E-state index contributed by atoms with van der Waals surface area (Å²) >= 11 is 0. The highest BCUT2D eigenvalue weighted by atomic mass is 32.2. The van der Waals surface area contributed by atoms with Crippen LogP contribution < -0.4 is 4.72 Å². The molecule has 0 bridgehead atoms. The average molecular weight is 213 g/mol. The van der Waals surface area contributed by atoms with E-state index < -0.39 is 10.0 Å². The minimum absolute atomic E-state index is 0.364. The first kappa shape index (κ1) is 11.2. The molecular weight excluding hydrogens is 198 g/mol. The van der Waals surface area contributed by atoms with E-state index in [2.05, 4.69) is 4.72 Å². The van der Waals surface area contributed by atoms with E-state index in [0.717, 1.165) is 16.7 Å². The van der Waals surface area contributed by atoms with Gasteiger partial charge in [-0.15, -0.1) is 0 Å². The van der Waals surface area contributed by atoms with Crippen LogP contribution in [0.3, 0.4) is 0 Å². The van der Waals surface area contributed by atoms with E-state index in [1.807, 2.05) is 19.9 Å². The molecule has 0 spiro atoms. The van der Waals surface area contributed by atoms with Crippen LogP contribution in [0.15, 0.2) is 17.0 Å². The van der Waals surface area contributed by atoms with E-state index in [4.69, 9.17) is 0 Å². The lowest BCUT2D eigenvalue weighted by Gasteiger charge is -2.09. The maximum atomic E-state index is 11.6. The molecule has 0 saturated heterocycles. The fraction of sp³-hybridized carbons (Fsp3) is 0.400. The zero-order valence-electron chi connectivity index (χ0n) is 8.88. The number of hydrogen-bond donors (Lipinski definition) is 1. The molecule has 1 N–H and O–H groups in total. The number of benzene rings is 1. The van der Waals surface area contributed by atoms with Crippen molar-refractivity contribution >= 4 is 10.0 Å². The van der Waals surface area contributed by atoms with Gasteiger partial charge in [0.05, 0.1) is 4.90 Å². The lowest BCUT2D eigenvalue weighted by atomic mass is 10.1. The van der Waals surface area contributed by atoms with Crippen molar-refractivity contribution in [1.29, 1.82) is 0 Å². The first-order chi connectivity index (χ1) is 6.38. The standard InChI is InChI=1S/C10H15NO2S/c1-7-5-9(3)10(6-8(7)2)14(12,13)11-4/h5-6,11H,1-4H3. The first-order valence-electron chi connectivity index (χ1n) is 4.40. The van der Waals surface area contributed by atoms with E-state index in [-0.39, 0.29) is 0 Å². The summed E-state index contributed by atoms with van der Waals surface area (Å²) in [6.07, 6.45) is 0. The zero-order chi connectivity index (χ0) is 10.9. The Labute approximate surface area is 85.2 Å². The minimum atomic E-state index is -3.32. The zero-order valence-corrected chi connectivity index (χ0v) is 9.70. The molecule has 78 valence electrons. The van der Waals surface area contributed by atoms with E-state index in [1.54, 1.807) is 13.0 Å². The molecular formula is C10H15NO2S. The molecule has 0 heterocycles. The summed E-state index contributed by atoms with van der Waals surface area (Å²) in [5.74, 6) is 0. The van der Waals surface area contributed by atoms with Crippen molar-refractivity contribution in [3.63, 3.8) is 0 Å². The second kappa shape index (κ2) is 3.71. The third kappa shape index (κ3) is 1.96. The molecule has 0 aliphatic rings. The molecule has 1 rings (SSSR count). The fourth-order valence-electron chi connectivity index (χ4n) is 1.33. The van der Waals surface area contributed by atoms with E-state index >= 15 is 0 Å². The fourth-order valence-corrected chi connectivity index (χ4v) is 2.37. The van der Waals surface area contributed by atoms with Gasteiger partial charge in [0, 0.05) is 0 Å². The van der Waals surface area contributed by atoms with Crippen LogP contribution in [0.25, 0.3) is 0 Å². The summed E-state index contributed by atoms with van der Waals surface area (Å²) in [6, 6.07) is 3.59. The SMILES string of the molecule is CNS(=O)(=O)c1cc(C)c(C)cc1C. The molecule has 4 heteroatoms. The maximum Gasteiger partial charge on any atom is 0.240 e. The summed E-state index contributed by atoms with van der Waals surface area (Å²) in [4.78, 5) is 0.364. The summed E-state index contributed by atoms with van der Waals surface area (Å²) in [6.45, 7) is 5.68. The summed E-state index contributed by atoms with van der Waals surface area (Å²) < 4.78 is 25.5. The lowest BCUT2D eigenvalue weighted by molar-refractivity contribution is 0.587. The van der Waals surface area contributed by atoms with Crippen LogP contribution >= 0.6 is 0 Å². The molecule has 1 aromatic rings. The van der Waals surface area contributed by atoms with E-state index in [0.29, 0.717) is 4.90 Å². The van der Waals surface area contributed by atoms with Crippen LogP contribution in [0.1, 0.15) is 16.7 Å². The summed E-state index contributed by atoms with van der Waals surface area (Å²) in [5.41, 5.74) is 2.88. The third-order valence-electron chi connectivity index (χ3n) is 2.35. The quantitative estimate of drug-likeness (QED) is 0.809. The Bertz CT molecular complexity index is 449. The van der Waals surface area contributed by atoms with Crippen molar-refractivity contribution < 1.29 is 8.42 Å². The van der Waals surface area contributed by atoms with Gasteiger partial charge < -0.3 is 0 Å². The van der Waals surface area contributed by atoms with E-state index in [1.165, 1.54) is 7.05 Å². The van der Waals surface area contributed by atoms with Gasteiger partial charge in [-0.05, 0) is 50.6 Å². The van der Waals surface area contributed by atoms with Crippen molar-refractivity contribution in [1.82, 2.24) is 4.72 Å². The summed E-state index contributed by atoms with van der Waals surface area (Å²) in [5, 5.41) is 0. The number of aryl methyl sites for hydroxylation is 3. The van der Waals surface area contributed by atoms with Gasteiger partial charge in [0.1, 0.15) is 0 Å². The Hall–Kier alpha value is -0.870. The second-order valence-corrected chi connectivity index (χ2v) is 5.26. The number of sulfonamides is 1. The Morgan fingerprint density at radius 3 is 2.00 bits per heavy atom. The Morgan fingerprint density at radius 2 is 1.50 bits per heavy atom. The highest BCUT2D eigenvalue weighted by molar-refractivity contribution is 7.89. The molecule has 0 atom stereocenters. The molecule has 1 aromatic carbocycles. The molecule has 0 saturated carbocycles. The maximum absolute atomic E-state index is 11.6. The summed E-state index contributed by atoms with van der Waals surface area (Å²) in [7, 11) is -1.90. The van der Waals surface area contributed by atoms with Gasteiger partial charge in [-0.1, -0.05) is 6.07 Å². The Balaban J connectivity index is 3.45. The third-order valence-corrected chi connectivity index (χ3v) is 3.91. The van der Waals surface area contributed by atoms with Crippen LogP contribution in [0.4, 0.5) is 0 Å². The smallest absolute Gasteiger partial charge is 0.214 e. The van der Waals surface area contributed by atoms with Crippen molar-refractivity contribution in [2.45, 2.75) is 25.7 Å². The number of rotatable bonds is 2. The van der Waals surface area contributed by atoms with Gasteiger partial charge in [-0.3, -0.25) is 0 Å². The average Bonchev–Trinajstić information content (AvgIpc) is 2.11. The van der Waals surface area contributed by atoms with Crippen LogP contribution in [0.2, 0.25) is 0 Å². The molecule has 0 amide bonds. The van der Waals surface area contributed by atoms with Gasteiger partial charge >= 0.3 is 0 Å². The van der Waals surface area contributed by atoms with Gasteiger partial charge in [-0.2, -0.15) is 0 Å². The highest BCUT2D eigenvalue weighted by Gasteiger charge is 2.14. The molecule has 0 aromatic heterocycles. The van der Waals surface area contributed by atoms with E-state index in [9.17, 15) is 8.42 Å². The van der Waals surface area contributed by atoms with Gasteiger partial charge in [-0.25, -0.2) is 13.1 Å². The predicted molar refractivity (Wildman–Crippen MR) is 56.9 cm³/mol. The van der Waals surface area contributed by atoms with Crippen molar-refractivity contribution in [3.8, 4) is 0 Å². The molecule has 0 unspecified atom stereocenters. The highest BCUT2D eigenvalue weighted by Crippen LogP contribution is 2.19. The minimum Gasteiger partial charge on any atom is -0.214 e. The lowest BCUT2D eigenvalue weighted by Crippen LogP contribution is -2.19. The van der Waals surface area contributed by atoms with Crippen LogP contribution in [-0.4, -0.2) is 15.5 Å². The van der Waals surface area contributed by atoms with Crippen LogP contribution in [0, 0.1) is 20.8 Å². The normalized spacial score (nSPS) is 11.7. The monoisotopic (exact) mass is 213 g/mol. The number of hydrogen-bond acceptors (Lipinski definition) is 2. The Kier molecular flexibility index (Phi) is 2.97. The second-order valence-electron chi connectivity index (χ2n) is 3.41. The van der Waals surface area contributed by atoms with Crippen molar-refractivity contribution in [3.05, 3.63) is 28.8 Å². The largest absolute Gasteiger partial charge is 0.240 e. The molecule has 0 fully saturated rings. The molecule has 0 radical (unpaired) electrons. The molecule has 0 aliphatic carbocycles. The van der Waals surface area contributed by atoms with Crippen molar-refractivity contribution in [2.75, 3.05) is 7.05 Å². The predicted octanol–water partition coefficient (Wildman–Crippen LogP) is 1.52. The van der Waals surface area contributed by atoms with Crippen molar-refractivity contribution in [2.24, 2.45) is 0 Å². The molecule has 14 heavy (non-hydrogen) atoms. The van der Waals surface area contributed by atoms with Gasteiger partial charge in [0.15, 0.2) is 0 Å².